The van der Waals surface area contributed by atoms with E-state index in [1.165, 1.54) is 17.8 Å². The Balaban J connectivity index is 1.40. The third-order valence-corrected chi connectivity index (χ3v) is 6.68. The standard InChI is InChI=1S/C23H26BrFN2O2/c24-19-2-1-3-21(14-19)27-11-8-17(16-27)15-26-22(28)23(9-12-29-13-10-23)18-4-6-20(25)7-5-18/h1-7,14,17H,8-13,15-16H2,(H,26,28). The summed E-state index contributed by atoms with van der Waals surface area (Å²) < 4.78 is 20.0. The van der Waals surface area contributed by atoms with Gasteiger partial charge in [-0.25, -0.2) is 4.39 Å². The Morgan fingerprint density at radius 3 is 2.69 bits per heavy atom. The quantitative estimate of drug-likeness (QED) is 0.723. The number of carbonyl (C=O) groups is 1. The number of hydrogen-bond acceptors (Lipinski definition) is 3. The van der Waals surface area contributed by atoms with Crippen LogP contribution in [0.1, 0.15) is 24.8 Å². The van der Waals surface area contributed by atoms with E-state index in [4.69, 9.17) is 4.74 Å². The fourth-order valence-electron chi connectivity index (χ4n) is 4.45. The van der Waals surface area contributed by atoms with Crippen molar-refractivity contribution in [2.24, 2.45) is 5.92 Å². The Kier molecular flexibility index (Phi) is 6.20. The number of halogens is 2. The first-order chi connectivity index (χ1) is 14.1. The number of nitrogens with one attached hydrogen (secondary N) is 1. The second-order valence-corrected chi connectivity index (χ2v) is 8.91. The van der Waals surface area contributed by atoms with E-state index in [1.807, 2.05) is 12.1 Å². The van der Waals surface area contributed by atoms with E-state index >= 15 is 0 Å². The van der Waals surface area contributed by atoms with Crippen molar-refractivity contribution in [3.63, 3.8) is 0 Å². The van der Waals surface area contributed by atoms with Crippen LogP contribution in [0.15, 0.2) is 53.0 Å². The molecule has 4 rings (SSSR count). The summed E-state index contributed by atoms with van der Waals surface area (Å²) in [7, 11) is 0. The van der Waals surface area contributed by atoms with Gasteiger partial charge in [0.2, 0.25) is 5.91 Å². The molecule has 2 fully saturated rings. The highest BCUT2D eigenvalue weighted by atomic mass is 79.9. The minimum Gasteiger partial charge on any atom is -0.381 e. The van der Waals surface area contributed by atoms with Crippen LogP contribution in [0, 0.1) is 11.7 Å². The van der Waals surface area contributed by atoms with Gasteiger partial charge in [0.05, 0.1) is 5.41 Å². The first kappa shape index (κ1) is 20.4. The molecule has 154 valence electrons. The molecule has 0 bridgehead atoms. The molecule has 1 N–H and O–H groups in total. The summed E-state index contributed by atoms with van der Waals surface area (Å²) >= 11 is 3.53. The number of hydrogen-bond donors (Lipinski definition) is 1. The van der Waals surface area contributed by atoms with Gasteiger partial charge >= 0.3 is 0 Å². The molecular formula is C23H26BrFN2O2. The second kappa shape index (κ2) is 8.84. The van der Waals surface area contributed by atoms with Crippen molar-refractivity contribution in [2.45, 2.75) is 24.7 Å². The number of anilines is 1. The Labute approximate surface area is 179 Å². The second-order valence-electron chi connectivity index (χ2n) is 7.99. The van der Waals surface area contributed by atoms with E-state index < -0.39 is 5.41 Å². The predicted molar refractivity (Wildman–Crippen MR) is 116 cm³/mol. The van der Waals surface area contributed by atoms with Gasteiger partial charge in [-0.15, -0.1) is 0 Å². The van der Waals surface area contributed by atoms with Crippen LogP contribution >= 0.6 is 15.9 Å². The highest BCUT2D eigenvalue weighted by molar-refractivity contribution is 9.10. The van der Waals surface area contributed by atoms with Gasteiger partial charge in [-0.05, 0) is 61.1 Å². The maximum atomic E-state index is 13.4. The zero-order chi connectivity index (χ0) is 20.3. The van der Waals surface area contributed by atoms with Crippen LogP contribution in [-0.2, 0) is 14.9 Å². The smallest absolute Gasteiger partial charge is 0.230 e. The summed E-state index contributed by atoms with van der Waals surface area (Å²) in [5, 5.41) is 3.21. The van der Waals surface area contributed by atoms with Crippen molar-refractivity contribution in [1.29, 1.82) is 0 Å². The minimum absolute atomic E-state index is 0.0355. The first-order valence-electron chi connectivity index (χ1n) is 10.2. The van der Waals surface area contributed by atoms with Gasteiger partial charge in [-0.3, -0.25) is 4.79 Å². The molecule has 2 aliphatic rings. The van der Waals surface area contributed by atoms with Crippen molar-refractivity contribution < 1.29 is 13.9 Å². The Bertz CT molecular complexity index is 852. The van der Waals surface area contributed by atoms with Crippen LogP contribution in [0.5, 0.6) is 0 Å². The predicted octanol–water partition coefficient (Wildman–Crippen LogP) is 4.28. The van der Waals surface area contributed by atoms with Crippen molar-refractivity contribution >= 4 is 27.5 Å². The van der Waals surface area contributed by atoms with Crippen molar-refractivity contribution in [3.8, 4) is 0 Å². The molecule has 4 nitrogen and oxygen atoms in total. The molecule has 1 atom stereocenters. The third-order valence-electron chi connectivity index (χ3n) is 6.19. The van der Waals surface area contributed by atoms with E-state index in [2.05, 4.69) is 38.3 Å². The lowest BCUT2D eigenvalue weighted by atomic mass is 9.73. The summed E-state index contributed by atoms with van der Waals surface area (Å²) in [5.74, 6) is 0.173. The van der Waals surface area contributed by atoms with Crippen molar-refractivity contribution in [3.05, 3.63) is 64.4 Å². The van der Waals surface area contributed by atoms with E-state index in [9.17, 15) is 9.18 Å². The maximum absolute atomic E-state index is 13.4. The molecule has 29 heavy (non-hydrogen) atoms. The highest BCUT2D eigenvalue weighted by Crippen LogP contribution is 2.35. The maximum Gasteiger partial charge on any atom is 0.230 e. The van der Waals surface area contributed by atoms with Crippen LogP contribution in [0.25, 0.3) is 0 Å². The molecule has 0 aliphatic carbocycles. The molecule has 1 amide bonds. The van der Waals surface area contributed by atoms with Crippen LogP contribution in [0.2, 0.25) is 0 Å². The molecule has 2 aromatic carbocycles. The topological polar surface area (TPSA) is 41.6 Å². The van der Waals surface area contributed by atoms with Gasteiger partial charge in [0.15, 0.2) is 0 Å². The fraction of sp³-hybridized carbons (Fsp3) is 0.435. The summed E-state index contributed by atoms with van der Waals surface area (Å²) in [6.45, 7) is 3.68. The summed E-state index contributed by atoms with van der Waals surface area (Å²) in [4.78, 5) is 15.6. The highest BCUT2D eigenvalue weighted by Gasteiger charge is 2.42. The summed E-state index contributed by atoms with van der Waals surface area (Å²) in [5.41, 5.74) is 1.46. The summed E-state index contributed by atoms with van der Waals surface area (Å²) in [6.07, 6.45) is 2.30. The molecule has 2 heterocycles. The molecule has 0 radical (unpaired) electrons. The molecule has 6 heteroatoms. The van der Waals surface area contributed by atoms with E-state index in [-0.39, 0.29) is 11.7 Å². The van der Waals surface area contributed by atoms with Crippen molar-refractivity contribution in [2.75, 3.05) is 37.7 Å². The SMILES string of the molecule is O=C(NCC1CCN(c2cccc(Br)c2)C1)C1(c2ccc(F)cc2)CCOCC1. The Hall–Kier alpha value is -1.92. The number of carbonyl (C=O) groups excluding carboxylic acids is 1. The largest absolute Gasteiger partial charge is 0.381 e. The molecular weight excluding hydrogens is 435 g/mol. The summed E-state index contributed by atoms with van der Waals surface area (Å²) in [6, 6.07) is 14.7. The Morgan fingerprint density at radius 2 is 1.97 bits per heavy atom. The molecule has 2 aliphatic heterocycles. The van der Waals surface area contributed by atoms with Crippen LogP contribution in [0.3, 0.4) is 0 Å². The van der Waals surface area contributed by atoms with Crippen LogP contribution in [0.4, 0.5) is 10.1 Å². The monoisotopic (exact) mass is 460 g/mol. The third kappa shape index (κ3) is 4.48. The average molecular weight is 461 g/mol. The van der Waals surface area contributed by atoms with Gasteiger partial charge in [0, 0.05) is 43.0 Å². The zero-order valence-electron chi connectivity index (χ0n) is 16.4. The normalized spacial score (nSPS) is 21.2. The number of ether oxygens (including phenoxy) is 1. The number of benzene rings is 2. The van der Waals surface area contributed by atoms with Gasteiger partial charge in [-0.2, -0.15) is 0 Å². The van der Waals surface area contributed by atoms with E-state index in [0.29, 0.717) is 38.5 Å². The fourth-order valence-corrected chi connectivity index (χ4v) is 4.84. The lowest BCUT2D eigenvalue weighted by Gasteiger charge is -2.36. The van der Waals surface area contributed by atoms with Crippen LogP contribution < -0.4 is 10.2 Å². The molecule has 2 saturated heterocycles. The van der Waals surface area contributed by atoms with Crippen LogP contribution in [-0.4, -0.2) is 38.8 Å². The van der Waals surface area contributed by atoms with Crippen molar-refractivity contribution in [1.82, 2.24) is 5.32 Å². The minimum atomic E-state index is -0.630. The number of amides is 1. The van der Waals surface area contributed by atoms with Gasteiger partial charge in [0.25, 0.3) is 0 Å². The van der Waals surface area contributed by atoms with Gasteiger partial charge < -0.3 is 15.0 Å². The number of nitrogens with zero attached hydrogens (tertiary/aromatic N) is 1. The van der Waals surface area contributed by atoms with Gasteiger partial charge in [-0.1, -0.05) is 34.1 Å². The molecule has 1 unspecified atom stereocenters. The average Bonchev–Trinajstić information content (AvgIpc) is 3.22. The lowest BCUT2D eigenvalue weighted by molar-refractivity contribution is -0.130. The molecule has 0 spiro atoms. The first-order valence-corrected chi connectivity index (χ1v) is 11.0. The van der Waals surface area contributed by atoms with E-state index in [1.54, 1.807) is 12.1 Å². The zero-order valence-corrected chi connectivity index (χ0v) is 18.0. The number of rotatable bonds is 5. The van der Waals surface area contributed by atoms with E-state index in [0.717, 1.165) is 29.5 Å². The van der Waals surface area contributed by atoms with Gasteiger partial charge in [0.1, 0.15) is 5.82 Å². The molecule has 2 aromatic rings. The molecule has 0 aromatic heterocycles. The Morgan fingerprint density at radius 1 is 1.21 bits per heavy atom. The lowest BCUT2D eigenvalue weighted by Crippen LogP contribution is -2.49. The molecule has 0 saturated carbocycles.